The molecule has 0 spiro atoms. The van der Waals surface area contributed by atoms with Crippen LogP contribution in [-0.4, -0.2) is 31.0 Å². The molecule has 0 heterocycles. The van der Waals surface area contributed by atoms with E-state index in [0.717, 1.165) is 19.8 Å². The third-order valence-electron chi connectivity index (χ3n) is 2.46. The van der Waals surface area contributed by atoms with E-state index in [2.05, 4.69) is 9.05 Å². The van der Waals surface area contributed by atoms with Crippen molar-refractivity contribution < 1.29 is 33.0 Å². The quantitative estimate of drug-likeness (QED) is 0.773. The molecule has 1 aromatic rings. The van der Waals surface area contributed by atoms with Gasteiger partial charge in [-0.05, 0) is 24.1 Å². The number of carboxylic acids is 1. The molecule has 1 aromatic carbocycles. The predicted octanol–water partition coefficient (Wildman–Crippen LogP) is 2.69. The van der Waals surface area contributed by atoms with Crippen LogP contribution in [0.3, 0.4) is 0 Å². The largest absolute Gasteiger partial charge is 0.481 e. The lowest BCUT2D eigenvalue weighted by Crippen LogP contribution is -2.09. The zero-order valence-corrected chi connectivity index (χ0v) is 12.0. The van der Waals surface area contributed by atoms with Gasteiger partial charge in [-0.1, -0.05) is 12.1 Å². The smallest absolute Gasteiger partial charge is 0.438 e. The first-order valence-electron chi connectivity index (χ1n) is 5.66. The Morgan fingerprint density at radius 1 is 1.15 bits per heavy atom. The first kappa shape index (κ1) is 16.4. The summed E-state index contributed by atoms with van der Waals surface area (Å²) in [6, 6.07) is 6.20. The maximum atomic E-state index is 11.7. The monoisotopic (exact) mass is 302 g/mol. The molecule has 0 unspecified atom stereocenters. The fraction of sp³-hybridized carbons (Fsp3) is 0.333. The number of carbonyl (C=O) groups excluding carboxylic acids is 1. The minimum absolute atomic E-state index is 0.0156. The van der Waals surface area contributed by atoms with Crippen molar-refractivity contribution in [1.82, 2.24) is 0 Å². The first-order valence-corrected chi connectivity index (χ1v) is 7.20. The van der Waals surface area contributed by atoms with Gasteiger partial charge >= 0.3 is 19.3 Å². The second-order valence-corrected chi connectivity index (χ2v) is 5.86. The Labute approximate surface area is 116 Å². The van der Waals surface area contributed by atoms with Crippen LogP contribution < -0.4 is 4.74 Å². The van der Waals surface area contributed by atoms with Crippen molar-refractivity contribution in [3.05, 3.63) is 29.8 Å². The molecule has 110 valence electrons. The summed E-state index contributed by atoms with van der Waals surface area (Å²) in [5.74, 6) is -0.718. The molecular formula is C12H15O7P. The molecule has 20 heavy (non-hydrogen) atoms. The Morgan fingerprint density at radius 3 is 2.15 bits per heavy atom. The van der Waals surface area contributed by atoms with Crippen molar-refractivity contribution >= 4 is 19.3 Å². The summed E-state index contributed by atoms with van der Waals surface area (Å²) in [5.41, 5.74) is -0.324. The Kier molecular flexibility index (Phi) is 5.88. The van der Waals surface area contributed by atoms with Gasteiger partial charge in [0.2, 0.25) is 0 Å². The SMILES string of the molecule is COP(=O)(OC)C(=O)Oc1ccc(CCC(=O)O)cc1. The van der Waals surface area contributed by atoms with Crippen LogP contribution in [0.4, 0.5) is 4.79 Å². The highest BCUT2D eigenvalue weighted by Gasteiger charge is 2.35. The fourth-order valence-electron chi connectivity index (χ4n) is 1.36. The highest BCUT2D eigenvalue weighted by molar-refractivity contribution is 7.71. The molecule has 0 fully saturated rings. The normalized spacial score (nSPS) is 11.1. The van der Waals surface area contributed by atoms with E-state index in [1.165, 1.54) is 12.1 Å². The lowest BCUT2D eigenvalue weighted by atomic mass is 10.1. The van der Waals surface area contributed by atoms with Gasteiger partial charge in [0.25, 0.3) is 0 Å². The minimum Gasteiger partial charge on any atom is -0.481 e. The second kappa shape index (κ2) is 7.19. The third-order valence-corrected chi connectivity index (χ3v) is 3.96. The zero-order chi connectivity index (χ0) is 15.2. The van der Waals surface area contributed by atoms with Crippen molar-refractivity contribution in [2.75, 3.05) is 14.2 Å². The second-order valence-electron chi connectivity index (χ2n) is 3.77. The number of carboxylic acid groups (broad SMARTS) is 1. The van der Waals surface area contributed by atoms with Crippen LogP contribution in [0.5, 0.6) is 5.75 Å². The molecule has 0 aliphatic rings. The van der Waals surface area contributed by atoms with Gasteiger partial charge in [-0.15, -0.1) is 0 Å². The van der Waals surface area contributed by atoms with E-state index in [-0.39, 0.29) is 12.2 Å². The summed E-state index contributed by atoms with van der Waals surface area (Å²) >= 11 is 0. The van der Waals surface area contributed by atoms with Crippen molar-refractivity contribution in [3.63, 3.8) is 0 Å². The van der Waals surface area contributed by atoms with Gasteiger partial charge in [0.1, 0.15) is 5.75 Å². The summed E-state index contributed by atoms with van der Waals surface area (Å²) in [5, 5.41) is 8.56. The molecule has 1 rings (SSSR count). The maximum Gasteiger partial charge on any atom is 0.438 e. The van der Waals surface area contributed by atoms with E-state index in [1.807, 2.05) is 0 Å². The van der Waals surface area contributed by atoms with Crippen molar-refractivity contribution in [1.29, 1.82) is 0 Å². The number of aryl methyl sites for hydroxylation is 1. The molecular weight excluding hydrogens is 287 g/mol. The van der Waals surface area contributed by atoms with Gasteiger partial charge in [0.15, 0.2) is 0 Å². The standard InChI is InChI=1S/C12H15O7P/c1-17-20(16,18-2)12(15)19-10-6-3-9(4-7-10)5-8-11(13)14/h3-4,6-7H,5,8H2,1-2H3,(H,13,14). The molecule has 0 aliphatic heterocycles. The van der Waals surface area contributed by atoms with E-state index in [0.29, 0.717) is 6.42 Å². The Morgan fingerprint density at radius 2 is 1.70 bits per heavy atom. The van der Waals surface area contributed by atoms with Gasteiger partial charge in [-0.2, -0.15) is 0 Å². The van der Waals surface area contributed by atoms with Crippen LogP contribution in [0.15, 0.2) is 24.3 Å². The predicted molar refractivity (Wildman–Crippen MR) is 70.0 cm³/mol. The van der Waals surface area contributed by atoms with Crippen LogP contribution in [-0.2, 0) is 24.8 Å². The zero-order valence-electron chi connectivity index (χ0n) is 11.1. The van der Waals surface area contributed by atoms with Gasteiger partial charge in [0.05, 0.1) is 0 Å². The molecule has 0 aromatic heterocycles. The van der Waals surface area contributed by atoms with Gasteiger partial charge < -0.3 is 18.9 Å². The average Bonchev–Trinajstić information content (AvgIpc) is 2.45. The number of hydrogen-bond donors (Lipinski definition) is 1. The molecule has 0 bridgehead atoms. The van der Waals surface area contributed by atoms with Crippen LogP contribution >= 0.6 is 7.60 Å². The molecule has 7 nitrogen and oxygen atoms in total. The maximum absolute atomic E-state index is 11.7. The summed E-state index contributed by atoms with van der Waals surface area (Å²) < 4.78 is 25.6. The van der Waals surface area contributed by atoms with Crippen LogP contribution in [0.25, 0.3) is 0 Å². The van der Waals surface area contributed by atoms with Gasteiger partial charge in [-0.3, -0.25) is 4.79 Å². The molecule has 0 radical (unpaired) electrons. The Hall–Kier alpha value is -1.69. The molecule has 8 heteroatoms. The highest BCUT2D eigenvalue weighted by atomic mass is 31.2. The van der Waals surface area contributed by atoms with Gasteiger partial charge in [-0.25, -0.2) is 9.36 Å². The van der Waals surface area contributed by atoms with E-state index >= 15 is 0 Å². The molecule has 0 saturated heterocycles. The van der Waals surface area contributed by atoms with Crippen molar-refractivity contribution in [2.24, 2.45) is 0 Å². The molecule has 0 aliphatic carbocycles. The molecule has 1 N–H and O–H groups in total. The third kappa shape index (κ3) is 4.45. The Bertz CT molecular complexity index is 515. The highest BCUT2D eigenvalue weighted by Crippen LogP contribution is 2.48. The van der Waals surface area contributed by atoms with Crippen molar-refractivity contribution in [2.45, 2.75) is 12.8 Å². The fourth-order valence-corrected chi connectivity index (χ4v) is 2.02. The van der Waals surface area contributed by atoms with E-state index in [1.54, 1.807) is 12.1 Å². The van der Waals surface area contributed by atoms with E-state index < -0.39 is 19.3 Å². The lowest BCUT2D eigenvalue weighted by Gasteiger charge is -2.12. The molecule has 0 amide bonds. The number of benzene rings is 1. The van der Waals surface area contributed by atoms with E-state index in [4.69, 9.17) is 9.84 Å². The van der Waals surface area contributed by atoms with Crippen LogP contribution in [0, 0.1) is 0 Å². The lowest BCUT2D eigenvalue weighted by molar-refractivity contribution is -0.136. The summed E-state index contributed by atoms with van der Waals surface area (Å²) in [4.78, 5) is 22.0. The Balaban J connectivity index is 2.68. The number of rotatable bonds is 7. The van der Waals surface area contributed by atoms with Crippen molar-refractivity contribution in [3.8, 4) is 5.75 Å². The summed E-state index contributed by atoms with van der Waals surface area (Å²) in [6.45, 7) is 0. The van der Waals surface area contributed by atoms with Crippen LogP contribution in [0.1, 0.15) is 12.0 Å². The first-order chi connectivity index (χ1) is 9.41. The molecule has 0 atom stereocenters. The molecule has 0 saturated carbocycles. The number of ether oxygens (including phenoxy) is 1. The van der Waals surface area contributed by atoms with E-state index in [9.17, 15) is 14.2 Å². The summed E-state index contributed by atoms with van der Waals surface area (Å²) in [7, 11) is -1.75. The number of hydrogen-bond acceptors (Lipinski definition) is 6. The average molecular weight is 302 g/mol. The minimum atomic E-state index is -3.91. The van der Waals surface area contributed by atoms with Crippen LogP contribution in [0.2, 0.25) is 0 Å². The topological polar surface area (TPSA) is 99.1 Å². The number of aliphatic carboxylic acids is 1. The van der Waals surface area contributed by atoms with Gasteiger partial charge in [0, 0.05) is 20.6 Å². The summed E-state index contributed by atoms with van der Waals surface area (Å²) in [6.07, 6.45) is 0.389. The number of carbonyl (C=O) groups is 2.